The van der Waals surface area contributed by atoms with Crippen molar-refractivity contribution in [3.63, 3.8) is 0 Å². The minimum atomic E-state index is -0.0581. The third kappa shape index (κ3) is 3.72. The zero-order chi connectivity index (χ0) is 19.6. The molecule has 2 aliphatic rings. The van der Waals surface area contributed by atoms with Crippen LogP contribution in [0.3, 0.4) is 0 Å². The Morgan fingerprint density at radius 3 is 2.75 bits per heavy atom. The lowest BCUT2D eigenvalue weighted by Crippen LogP contribution is -2.52. The van der Waals surface area contributed by atoms with Gasteiger partial charge in [0.05, 0.1) is 6.54 Å². The number of anilines is 1. The van der Waals surface area contributed by atoms with Crippen LogP contribution in [0.2, 0.25) is 5.02 Å². The Hall–Kier alpha value is -2.53. The second-order valence-electron chi connectivity index (χ2n) is 7.58. The second-order valence-corrected chi connectivity index (χ2v) is 8.01. The number of nitrogens with one attached hydrogen (secondary N) is 2. The summed E-state index contributed by atoms with van der Waals surface area (Å²) in [6, 6.07) is 16.3. The van der Waals surface area contributed by atoms with Crippen molar-refractivity contribution in [1.29, 1.82) is 0 Å². The zero-order valence-corrected chi connectivity index (χ0v) is 16.8. The maximum Gasteiger partial charge on any atom is 0.317 e. The van der Waals surface area contributed by atoms with Gasteiger partial charge in [-0.1, -0.05) is 41.9 Å². The van der Waals surface area contributed by atoms with E-state index in [1.54, 1.807) is 7.05 Å². The molecule has 2 aromatic carbocycles. The minimum Gasteiger partial charge on any atom is -0.343 e. The number of hydrogen-bond donors (Lipinski definition) is 2. The average molecular weight is 397 g/mol. The van der Waals surface area contributed by atoms with Crippen LogP contribution in [0.25, 0.3) is 0 Å². The van der Waals surface area contributed by atoms with E-state index in [-0.39, 0.29) is 11.4 Å². The SMILES string of the molecule is CNC(=O)N1CCC2(CC1)Cc1ccccc1NC2=NCc1cccc(Cl)c1. The third-order valence-electron chi connectivity index (χ3n) is 5.83. The van der Waals surface area contributed by atoms with Crippen LogP contribution in [0.5, 0.6) is 0 Å². The lowest BCUT2D eigenvalue weighted by atomic mass is 9.70. The van der Waals surface area contributed by atoms with Gasteiger partial charge < -0.3 is 15.5 Å². The van der Waals surface area contributed by atoms with Gasteiger partial charge in [0.2, 0.25) is 0 Å². The molecule has 0 saturated carbocycles. The van der Waals surface area contributed by atoms with Crippen LogP contribution in [-0.4, -0.2) is 36.9 Å². The number of carbonyl (C=O) groups is 1. The molecule has 146 valence electrons. The standard InChI is InChI=1S/C22H25ClN4O/c1-24-21(28)27-11-9-22(10-12-27)14-17-6-2-3-8-19(17)26-20(22)25-15-16-5-4-7-18(23)13-16/h2-8,13H,9-12,14-15H2,1H3,(H,24,28)(H,25,26). The molecule has 0 aliphatic carbocycles. The number of nitrogens with zero attached hydrogens (tertiary/aromatic N) is 2. The van der Waals surface area contributed by atoms with Crippen molar-refractivity contribution in [2.45, 2.75) is 25.8 Å². The van der Waals surface area contributed by atoms with Crippen LogP contribution in [0.4, 0.5) is 10.5 Å². The fraction of sp³-hybridized carbons (Fsp3) is 0.364. The highest BCUT2D eigenvalue weighted by atomic mass is 35.5. The normalized spacial score (nSPS) is 19.2. The Balaban J connectivity index is 1.62. The van der Waals surface area contributed by atoms with E-state index in [0.717, 1.165) is 54.5 Å². The van der Waals surface area contributed by atoms with Gasteiger partial charge in [0, 0.05) is 36.3 Å². The number of aliphatic imine (C=N–C) groups is 1. The van der Waals surface area contributed by atoms with Crippen molar-refractivity contribution in [2.75, 3.05) is 25.5 Å². The summed E-state index contributed by atoms with van der Waals surface area (Å²) in [5.41, 5.74) is 3.49. The lowest BCUT2D eigenvalue weighted by Gasteiger charge is -2.45. The topological polar surface area (TPSA) is 56.7 Å². The number of fused-ring (bicyclic) bond motifs is 1. The Bertz CT molecular complexity index is 903. The summed E-state index contributed by atoms with van der Waals surface area (Å²) >= 11 is 6.13. The predicted molar refractivity (Wildman–Crippen MR) is 114 cm³/mol. The number of likely N-dealkylation sites (tertiary alicyclic amines) is 1. The first-order chi connectivity index (χ1) is 13.6. The van der Waals surface area contributed by atoms with Crippen molar-refractivity contribution in [3.8, 4) is 0 Å². The third-order valence-corrected chi connectivity index (χ3v) is 6.07. The van der Waals surface area contributed by atoms with Crippen LogP contribution in [0.1, 0.15) is 24.0 Å². The summed E-state index contributed by atoms with van der Waals surface area (Å²) in [6.45, 7) is 2.06. The molecule has 0 atom stereocenters. The van der Waals surface area contributed by atoms with E-state index in [4.69, 9.17) is 16.6 Å². The summed E-state index contributed by atoms with van der Waals surface area (Å²) in [5, 5.41) is 7.06. The van der Waals surface area contributed by atoms with Gasteiger partial charge in [0.1, 0.15) is 5.84 Å². The Morgan fingerprint density at radius 2 is 2.00 bits per heavy atom. The fourth-order valence-electron chi connectivity index (χ4n) is 4.23. The van der Waals surface area contributed by atoms with Gasteiger partial charge in [-0.05, 0) is 48.6 Å². The lowest BCUT2D eigenvalue weighted by molar-refractivity contribution is 0.154. The van der Waals surface area contributed by atoms with E-state index in [0.29, 0.717) is 6.54 Å². The first-order valence-electron chi connectivity index (χ1n) is 9.71. The molecule has 0 radical (unpaired) electrons. The minimum absolute atomic E-state index is 0.00330. The first kappa shape index (κ1) is 18.8. The predicted octanol–water partition coefficient (Wildman–Crippen LogP) is 4.33. The maximum atomic E-state index is 12.0. The molecule has 0 bridgehead atoms. The van der Waals surface area contributed by atoms with Gasteiger partial charge in [-0.15, -0.1) is 0 Å². The Morgan fingerprint density at radius 1 is 1.21 bits per heavy atom. The van der Waals surface area contributed by atoms with Crippen LogP contribution in [0.15, 0.2) is 53.5 Å². The second kappa shape index (κ2) is 7.84. The fourth-order valence-corrected chi connectivity index (χ4v) is 4.44. The molecule has 2 amide bonds. The quantitative estimate of drug-likeness (QED) is 0.793. The molecule has 1 spiro atoms. The van der Waals surface area contributed by atoms with Gasteiger partial charge in [0.25, 0.3) is 0 Å². The van der Waals surface area contributed by atoms with E-state index in [9.17, 15) is 4.79 Å². The molecule has 2 N–H and O–H groups in total. The molecule has 28 heavy (non-hydrogen) atoms. The van der Waals surface area contributed by atoms with Crippen LogP contribution >= 0.6 is 11.6 Å². The number of amides is 2. The van der Waals surface area contributed by atoms with Gasteiger partial charge in [-0.25, -0.2) is 4.79 Å². The number of benzene rings is 2. The summed E-state index contributed by atoms with van der Waals surface area (Å²) in [5.74, 6) is 1.03. The number of para-hydroxylation sites is 1. The largest absolute Gasteiger partial charge is 0.343 e. The van der Waals surface area contributed by atoms with Crippen LogP contribution in [-0.2, 0) is 13.0 Å². The Kier molecular flexibility index (Phi) is 5.27. The highest BCUT2D eigenvalue weighted by Gasteiger charge is 2.43. The molecular formula is C22H25ClN4O. The summed E-state index contributed by atoms with van der Waals surface area (Å²) < 4.78 is 0. The van der Waals surface area contributed by atoms with Gasteiger partial charge in [-0.2, -0.15) is 0 Å². The van der Waals surface area contributed by atoms with E-state index in [2.05, 4.69) is 28.8 Å². The molecule has 1 fully saturated rings. The summed E-state index contributed by atoms with van der Waals surface area (Å²) in [7, 11) is 1.68. The van der Waals surface area contributed by atoms with Crippen LogP contribution in [0, 0.1) is 5.41 Å². The molecule has 2 aliphatic heterocycles. The Labute approximate surface area is 170 Å². The highest BCUT2D eigenvalue weighted by Crippen LogP contribution is 2.42. The van der Waals surface area contributed by atoms with E-state index in [1.165, 1.54) is 5.56 Å². The van der Waals surface area contributed by atoms with Gasteiger partial charge >= 0.3 is 6.03 Å². The maximum absolute atomic E-state index is 12.0. The number of hydrogen-bond acceptors (Lipinski definition) is 2. The van der Waals surface area contributed by atoms with E-state index < -0.39 is 0 Å². The van der Waals surface area contributed by atoms with Crippen molar-refractivity contribution in [2.24, 2.45) is 10.4 Å². The number of carbonyl (C=O) groups excluding carboxylic acids is 1. The number of piperidine rings is 1. The molecule has 0 unspecified atom stereocenters. The molecule has 5 nitrogen and oxygen atoms in total. The van der Waals surface area contributed by atoms with E-state index >= 15 is 0 Å². The molecule has 6 heteroatoms. The summed E-state index contributed by atoms with van der Waals surface area (Å²) in [6.07, 6.45) is 2.75. The molecular weight excluding hydrogens is 372 g/mol. The first-order valence-corrected chi connectivity index (χ1v) is 10.1. The van der Waals surface area contributed by atoms with Gasteiger partial charge in [-0.3, -0.25) is 4.99 Å². The summed E-state index contributed by atoms with van der Waals surface area (Å²) in [4.78, 5) is 18.9. The number of halogens is 1. The number of amidine groups is 1. The number of rotatable bonds is 2. The molecule has 2 heterocycles. The van der Waals surface area contributed by atoms with Gasteiger partial charge in [0.15, 0.2) is 0 Å². The molecule has 4 rings (SSSR count). The average Bonchev–Trinajstić information content (AvgIpc) is 2.72. The highest BCUT2D eigenvalue weighted by molar-refractivity contribution is 6.30. The smallest absolute Gasteiger partial charge is 0.317 e. The number of urea groups is 1. The molecule has 0 aromatic heterocycles. The molecule has 2 aromatic rings. The van der Waals surface area contributed by atoms with Crippen molar-refractivity contribution in [3.05, 3.63) is 64.7 Å². The van der Waals surface area contributed by atoms with Crippen molar-refractivity contribution < 1.29 is 4.79 Å². The van der Waals surface area contributed by atoms with Crippen molar-refractivity contribution in [1.82, 2.24) is 10.2 Å². The van der Waals surface area contributed by atoms with Crippen molar-refractivity contribution >= 4 is 29.2 Å². The molecule has 1 saturated heterocycles. The van der Waals surface area contributed by atoms with Crippen LogP contribution < -0.4 is 10.6 Å². The zero-order valence-electron chi connectivity index (χ0n) is 16.0. The van der Waals surface area contributed by atoms with E-state index in [1.807, 2.05) is 35.2 Å². The monoisotopic (exact) mass is 396 g/mol.